The van der Waals surface area contributed by atoms with Gasteiger partial charge in [0.15, 0.2) is 5.13 Å². The summed E-state index contributed by atoms with van der Waals surface area (Å²) in [5.41, 5.74) is 1.22. The van der Waals surface area contributed by atoms with Gasteiger partial charge in [0.2, 0.25) is 0 Å². The van der Waals surface area contributed by atoms with Crippen LogP contribution >= 0.6 is 27.3 Å². The molecule has 1 unspecified atom stereocenters. The van der Waals surface area contributed by atoms with E-state index >= 15 is 0 Å². The van der Waals surface area contributed by atoms with Crippen LogP contribution in [0.1, 0.15) is 23.3 Å². The van der Waals surface area contributed by atoms with Gasteiger partial charge in [-0.05, 0) is 30.5 Å². The van der Waals surface area contributed by atoms with Crippen molar-refractivity contribution in [1.82, 2.24) is 4.98 Å². The van der Waals surface area contributed by atoms with Crippen molar-refractivity contribution < 1.29 is 9.53 Å². The van der Waals surface area contributed by atoms with E-state index in [0.29, 0.717) is 11.7 Å². The Morgan fingerprint density at radius 1 is 1.43 bits per heavy atom. The number of hydrogen-bond acceptors (Lipinski definition) is 4. The first-order valence-electron chi connectivity index (χ1n) is 6.82. The highest BCUT2D eigenvalue weighted by molar-refractivity contribution is 9.10. The lowest BCUT2D eigenvalue weighted by Gasteiger charge is -2.07. The summed E-state index contributed by atoms with van der Waals surface area (Å²) in [6.45, 7) is 0.671. The zero-order valence-corrected chi connectivity index (χ0v) is 13.7. The van der Waals surface area contributed by atoms with Crippen molar-refractivity contribution >= 4 is 38.3 Å². The molecule has 4 nitrogen and oxygen atoms in total. The molecule has 2 aromatic rings. The molecule has 1 aromatic heterocycles. The molecule has 6 heteroatoms. The third-order valence-electron chi connectivity index (χ3n) is 3.30. The van der Waals surface area contributed by atoms with Gasteiger partial charge in [-0.3, -0.25) is 10.1 Å². The standard InChI is InChI=1S/C15H15BrN2O2S/c16-11-5-3-10(4-6-11)8-12-9-17-15(21-12)18-14(19)13-2-1-7-20-13/h3-6,9,13H,1-2,7-8H2,(H,17,18,19). The summed E-state index contributed by atoms with van der Waals surface area (Å²) in [7, 11) is 0. The number of ether oxygens (including phenoxy) is 1. The fourth-order valence-corrected chi connectivity index (χ4v) is 3.33. The molecule has 3 rings (SSSR count). The van der Waals surface area contributed by atoms with Crippen molar-refractivity contribution in [3.8, 4) is 0 Å². The lowest BCUT2D eigenvalue weighted by atomic mass is 10.1. The first-order chi connectivity index (χ1) is 10.2. The number of nitrogens with zero attached hydrogens (tertiary/aromatic N) is 1. The van der Waals surface area contributed by atoms with Crippen molar-refractivity contribution in [2.75, 3.05) is 11.9 Å². The van der Waals surface area contributed by atoms with Crippen LogP contribution in [0.25, 0.3) is 0 Å². The van der Waals surface area contributed by atoms with E-state index in [1.807, 2.05) is 18.3 Å². The van der Waals surface area contributed by atoms with E-state index in [1.54, 1.807) is 0 Å². The summed E-state index contributed by atoms with van der Waals surface area (Å²) in [6.07, 6.45) is 4.07. The Morgan fingerprint density at radius 2 is 2.24 bits per heavy atom. The Kier molecular flexibility index (Phi) is 4.67. The summed E-state index contributed by atoms with van der Waals surface area (Å²) in [5, 5.41) is 3.48. The average molecular weight is 367 g/mol. The van der Waals surface area contributed by atoms with Crippen LogP contribution in [-0.2, 0) is 16.0 Å². The van der Waals surface area contributed by atoms with Gasteiger partial charge in [-0.25, -0.2) is 4.98 Å². The number of aromatic nitrogens is 1. The maximum atomic E-state index is 11.9. The van der Waals surface area contributed by atoms with Gasteiger partial charge in [-0.15, -0.1) is 11.3 Å². The molecule has 0 radical (unpaired) electrons. The molecule has 110 valence electrons. The van der Waals surface area contributed by atoms with E-state index in [0.717, 1.165) is 28.6 Å². The molecular formula is C15H15BrN2O2S. The second kappa shape index (κ2) is 6.68. The van der Waals surface area contributed by atoms with Crippen LogP contribution in [-0.4, -0.2) is 23.6 Å². The molecule has 1 aromatic carbocycles. The van der Waals surface area contributed by atoms with Crippen LogP contribution in [0.15, 0.2) is 34.9 Å². The minimum absolute atomic E-state index is 0.0861. The van der Waals surface area contributed by atoms with E-state index in [9.17, 15) is 4.79 Å². The second-order valence-electron chi connectivity index (χ2n) is 4.93. The predicted molar refractivity (Wildman–Crippen MR) is 86.7 cm³/mol. The second-order valence-corrected chi connectivity index (χ2v) is 6.96. The summed E-state index contributed by atoms with van der Waals surface area (Å²) in [5.74, 6) is -0.0861. The molecule has 1 aliphatic heterocycles. The number of nitrogens with one attached hydrogen (secondary N) is 1. The normalized spacial score (nSPS) is 17.9. The molecule has 1 fully saturated rings. The topological polar surface area (TPSA) is 51.2 Å². The number of carbonyl (C=O) groups excluding carboxylic acids is 1. The molecule has 2 heterocycles. The van der Waals surface area contributed by atoms with Gasteiger partial charge in [-0.2, -0.15) is 0 Å². The molecule has 0 spiro atoms. The van der Waals surface area contributed by atoms with E-state index in [1.165, 1.54) is 16.9 Å². The van der Waals surface area contributed by atoms with Gasteiger partial charge in [0, 0.05) is 28.6 Å². The Hall–Kier alpha value is -1.24. The molecule has 0 aliphatic carbocycles. The van der Waals surface area contributed by atoms with E-state index < -0.39 is 0 Å². The number of benzene rings is 1. The van der Waals surface area contributed by atoms with Gasteiger partial charge in [0.05, 0.1) is 0 Å². The fourth-order valence-electron chi connectivity index (χ4n) is 2.22. The molecule has 1 N–H and O–H groups in total. The number of amides is 1. The lowest BCUT2D eigenvalue weighted by molar-refractivity contribution is -0.124. The van der Waals surface area contributed by atoms with Crippen LogP contribution in [0.2, 0.25) is 0 Å². The van der Waals surface area contributed by atoms with Crippen molar-refractivity contribution in [2.24, 2.45) is 0 Å². The van der Waals surface area contributed by atoms with Crippen LogP contribution in [0.4, 0.5) is 5.13 Å². The largest absolute Gasteiger partial charge is 0.368 e. The van der Waals surface area contributed by atoms with E-state index in [2.05, 4.69) is 38.4 Å². The molecule has 1 amide bonds. The molecule has 1 aliphatic rings. The monoisotopic (exact) mass is 366 g/mol. The zero-order chi connectivity index (χ0) is 14.7. The number of hydrogen-bond donors (Lipinski definition) is 1. The number of halogens is 1. The highest BCUT2D eigenvalue weighted by atomic mass is 79.9. The minimum atomic E-state index is -0.316. The zero-order valence-electron chi connectivity index (χ0n) is 11.3. The molecule has 0 bridgehead atoms. The Labute approximate surface area is 135 Å². The van der Waals surface area contributed by atoms with Gasteiger partial charge in [-0.1, -0.05) is 28.1 Å². The number of anilines is 1. The van der Waals surface area contributed by atoms with Crippen molar-refractivity contribution in [3.63, 3.8) is 0 Å². The minimum Gasteiger partial charge on any atom is -0.368 e. The molecular weight excluding hydrogens is 352 g/mol. The first kappa shape index (κ1) is 14.7. The number of carbonyl (C=O) groups is 1. The van der Waals surface area contributed by atoms with Gasteiger partial charge in [0.25, 0.3) is 5.91 Å². The van der Waals surface area contributed by atoms with Crippen LogP contribution in [0.3, 0.4) is 0 Å². The summed E-state index contributed by atoms with van der Waals surface area (Å²) in [6, 6.07) is 8.20. The number of rotatable bonds is 4. The molecule has 1 atom stereocenters. The summed E-state index contributed by atoms with van der Waals surface area (Å²) < 4.78 is 6.43. The summed E-state index contributed by atoms with van der Waals surface area (Å²) >= 11 is 4.93. The molecule has 0 saturated carbocycles. The SMILES string of the molecule is O=C(Nc1ncc(Cc2ccc(Br)cc2)s1)C1CCCO1. The highest BCUT2D eigenvalue weighted by Crippen LogP contribution is 2.23. The van der Waals surface area contributed by atoms with Crippen molar-refractivity contribution in [3.05, 3.63) is 45.4 Å². The van der Waals surface area contributed by atoms with Crippen molar-refractivity contribution in [1.29, 1.82) is 0 Å². The quantitative estimate of drug-likeness (QED) is 0.898. The molecule has 21 heavy (non-hydrogen) atoms. The first-order valence-corrected chi connectivity index (χ1v) is 8.43. The van der Waals surface area contributed by atoms with Gasteiger partial charge in [0.1, 0.15) is 6.10 Å². The van der Waals surface area contributed by atoms with Gasteiger partial charge >= 0.3 is 0 Å². The van der Waals surface area contributed by atoms with Crippen LogP contribution in [0.5, 0.6) is 0 Å². The van der Waals surface area contributed by atoms with E-state index in [4.69, 9.17) is 4.74 Å². The Morgan fingerprint density at radius 3 is 2.95 bits per heavy atom. The third-order valence-corrected chi connectivity index (χ3v) is 4.74. The maximum absolute atomic E-state index is 11.9. The van der Waals surface area contributed by atoms with Gasteiger partial charge < -0.3 is 4.74 Å². The maximum Gasteiger partial charge on any atom is 0.255 e. The fraction of sp³-hybridized carbons (Fsp3) is 0.333. The van der Waals surface area contributed by atoms with Crippen LogP contribution in [0, 0.1) is 0 Å². The highest BCUT2D eigenvalue weighted by Gasteiger charge is 2.24. The Balaban J connectivity index is 1.60. The summed E-state index contributed by atoms with van der Waals surface area (Å²) in [4.78, 5) is 17.3. The lowest BCUT2D eigenvalue weighted by Crippen LogP contribution is -2.26. The predicted octanol–water partition coefficient (Wildman–Crippen LogP) is 3.61. The van der Waals surface area contributed by atoms with Crippen LogP contribution < -0.4 is 5.32 Å². The smallest absolute Gasteiger partial charge is 0.255 e. The van der Waals surface area contributed by atoms with Crippen molar-refractivity contribution in [2.45, 2.75) is 25.4 Å². The van der Waals surface area contributed by atoms with E-state index in [-0.39, 0.29) is 12.0 Å². The Bertz CT molecular complexity index is 621. The average Bonchev–Trinajstić information content (AvgIpc) is 3.13. The number of thiazole rings is 1. The third kappa shape index (κ3) is 3.90. The molecule has 1 saturated heterocycles.